The molecule has 0 saturated carbocycles. The monoisotopic (exact) mass is 321 g/mol. The number of benzene rings is 2. The first kappa shape index (κ1) is 16.3. The predicted octanol–water partition coefficient (Wildman–Crippen LogP) is 4.58. The number of anilines is 1. The van der Waals surface area contributed by atoms with E-state index in [-0.39, 0.29) is 11.7 Å². The normalized spacial score (nSPS) is 11.8. The van der Waals surface area contributed by atoms with Crippen LogP contribution in [0.1, 0.15) is 18.9 Å². The number of nitrogens with one attached hydrogen (secondary N) is 1. The lowest BCUT2D eigenvalue weighted by Gasteiger charge is -2.18. The number of carbonyl (C=O) groups excluding carboxylic acids is 1. The smallest absolute Gasteiger partial charge is 0.265 e. The third-order valence-electron chi connectivity index (χ3n) is 3.21. The van der Waals surface area contributed by atoms with E-state index in [2.05, 4.69) is 5.32 Å². The summed E-state index contributed by atoms with van der Waals surface area (Å²) in [5.74, 6) is -0.164. The summed E-state index contributed by atoms with van der Waals surface area (Å²) in [6, 6.07) is 10.9. The van der Waals surface area contributed by atoms with Crippen LogP contribution < -0.4 is 10.1 Å². The van der Waals surface area contributed by atoms with E-state index in [0.717, 1.165) is 5.56 Å². The van der Waals surface area contributed by atoms with Crippen LogP contribution in [-0.4, -0.2) is 12.0 Å². The quantitative estimate of drug-likeness (QED) is 0.875. The first-order chi connectivity index (χ1) is 10.5. The van der Waals surface area contributed by atoms with Gasteiger partial charge in [-0.05, 0) is 55.3 Å². The second kappa shape index (κ2) is 7.27. The standard InChI is InChI=1S/C17H17ClFNO2/c1-3-16(22-14-8-6-13(19)7-9-14)17(21)20-15-10-12(18)5-4-11(15)2/h4-10,16H,3H2,1-2H3,(H,20,21)/t16-/m0/s1. The Bertz CT molecular complexity index is 658. The minimum atomic E-state index is -0.663. The SMILES string of the molecule is CC[C@H](Oc1ccc(F)cc1)C(=O)Nc1cc(Cl)ccc1C. The van der Waals surface area contributed by atoms with Crippen molar-refractivity contribution in [1.29, 1.82) is 0 Å². The molecule has 0 aliphatic rings. The molecule has 0 radical (unpaired) electrons. The van der Waals surface area contributed by atoms with Crippen LogP contribution in [0.2, 0.25) is 5.02 Å². The van der Waals surface area contributed by atoms with Crippen molar-refractivity contribution in [2.45, 2.75) is 26.4 Å². The van der Waals surface area contributed by atoms with Crippen molar-refractivity contribution in [3.63, 3.8) is 0 Å². The van der Waals surface area contributed by atoms with Gasteiger partial charge in [0.05, 0.1) is 0 Å². The van der Waals surface area contributed by atoms with Gasteiger partial charge in [0.25, 0.3) is 5.91 Å². The summed E-state index contributed by atoms with van der Waals surface area (Å²) in [4.78, 5) is 12.3. The summed E-state index contributed by atoms with van der Waals surface area (Å²) >= 11 is 5.94. The van der Waals surface area contributed by atoms with E-state index in [4.69, 9.17) is 16.3 Å². The van der Waals surface area contributed by atoms with E-state index in [9.17, 15) is 9.18 Å². The van der Waals surface area contributed by atoms with E-state index < -0.39 is 6.10 Å². The van der Waals surface area contributed by atoms with Crippen LogP contribution in [0.15, 0.2) is 42.5 Å². The molecule has 0 bridgehead atoms. The summed E-state index contributed by atoms with van der Waals surface area (Å²) in [5, 5.41) is 3.36. The van der Waals surface area contributed by atoms with Crippen molar-refractivity contribution in [3.8, 4) is 5.75 Å². The highest BCUT2D eigenvalue weighted by atomic mass is 35.5. The van der Waals surface area contributed by atoms with Crippen LogP contribution in [0.25, 0.3) is 0 Å². The van der Waals surface area contributed by atoms with Crippen LogP contribution in [0, 0.1) is 12.7 Å². The molecule has 1 N–H and O–H groups in total. The molecule has 2 aromatic rings. The predicted molar refractivity (Wildman–Crippen MR) is 85.9 cm³/mol. The number of rotatable bonds is 5. The summed E-state index contributed by atoms with van der Waals surface area (Å²) in [7, 11) is 0. The van der Waals surface area contributed by atoms with Gasteiger partial charge in [-0.15, -0.1) is 0 Å². The van der Waals surface area contributed by atoms with Crippen molar-refractivity contribution in [3.05, 3.63) is 58.9 Å². The van der Waals surface area contributed by atoms with E-state index in [1.165, 1.54) is 24.3 Å². The van der Waals surface area contributed by atoms with E-state index in [1.807, 2.05) is 19.9 Å². The number of hydrogen-bond donors (Lipinski definition) is 1. The Labute approximate surface area is 134 Å². The number of halogens is 2. The Morgan fingerprint density at radius 2 is 1.95 bits per heavy atom. The third kappa shape index (κ3) is 4.21. The molecule has 0 spiro atoms. The van der Waals surface area contributed by atoms with Crippen molar-refractivity contribution < 1.29 is 13.9 Å². The molecule has 0 saturated heterocycles. The van der Waals surface area contributed by atoms with Gasteiger partial charge in [-0.2, -0.15) is 0 Å². The van der Waals surface area contributed by atoms with E-state index in [1.54, 1.807) is 12.1 Å². The van der Waals surface area contributed by atoms with Gasteiger partial charge in [0.2, 0.25) is 0 Å². The topological polar surface area (TPSA) is 38.3 Å². The molecule has 0 unspecified atom stereocenters. The van der Waals surface area contributed by atoms with Gasteiger partial charge in [0, 0.05) is 10.7 Å². The summed E-state index contributed by atoms with van der Waals surface area (Å²) in [6.07, 6.45) is -0.174. The molecule has 1 atom stereocenters. The van der Waals surface area contributed by atoms with Gasteiger partial charge in [-0.25, -0.2) is 4.39 Å². The van der Waals surface area contributed by atoms with Gasteiger partial charge in [-0.3, -0.25) is 4.79 Å². The molecule has 3 nitrogen and oxygen atoms in total. The summed E-state index contributed by atoms with van der Waals surface area (Å²) < 4.78 is 18.5. The minimum Gasteiger partial charge on any atom is -0.481 e. The first-order valence-corrected chi connectivity index (χ1v) is 7.36. The molecule has 5 heteroatoms. The number of aryl methyl sites for hydroxylation is 1. The third-order valence-corrected chi connectivity index (χ3v) is 3.45. The molecular weight excluding hydrogens is 305 g/mol. The Hall–Kier alpha value is -2.07. The van der Waals surface area contributed by atoms with Crippen LogP contribution in [0.4, 0.5) is 10.1 Å². The molecule has 22 heavy (non-hydrogen) atoms. The second-order valence-electron chi connectivity index (χ2n) is 4.92. The van der Waals surface area contributed by atoms with Crippen LogP contribution in [-0.2, 0) is 4.79 Å². The van der Waals surface area contributed by atoms with Gasteiger partial charge >= 0.3 is 0 Å². The molecule has 0 heterocycles. The molecular formula is C17H17ClFNO2. The zero-order chi connectivity index (χ0) is 16.1. The molecule has 2 aromatic carbocycles. The maximum absolute atomic E-state index is 12.9. The number of ether oxygens (including phenoxy) is 1. The number of carbonyl (C=O) groups is 1. The van der Waals surface area contributed by atoms with Crippen molar-refractivity contribution >= 4 is 23.2 Å². The van der Waals surface area contributed by atoms with E-state index in [0.29, 0.717) is 22.9 Å². The zero-order valence-electron chi connectivity index (χ0n) is 12.4. The Balaban J connectivity index is 2.08. The van der Waals surface area contributed by atoms with Crippen molar-refractivity contribution in [2.24, 2.45) is 0 Å². The number of amides is 1. The van der Waals surface area contributed by atoms with Crippen molar-refractivity contribution in [1.82, 2.24) is 0 Å². The highest BCUT2D eigenvalue weighted by Gasteiger charge is 2.19. The molecule has 116 valence electrons. The fourth-order valence-corrected chi connectivity index (χ4v) is 2.11. The zero-order valence-corrected chi connectivity index (χ0v) is 13.2. The van der Waals surface area contributed by atoms with Crippen LogP contribution >= 0.6 is 11.6 Å². The maximum atomic E-state index is 12.9. The molecule has 2 rings (SSSR count). The average molecular weight is 322 g/mol. The van der Waals surface area contributed by atoms with Crippen LogP contribution in [0.3, 0.4) is 0 Å². The van der Waals surface area contributed by atoms with Crippen molar-refractivity contribution in [2.75, 3.05) is 5.32 Å². The lowest BCUT2D eigenvalue weighted by molar-refractivity contribution is -0.122. The molecule has 0 aliphatic carbocycles. The Morgan fingerprint density at radius 3 is 2.59 bits per heavy atom. The van der Waals surface area contributed by atoms with E-state index >= 15 is 0 Å². The molecule has 0 fully saturated rings. The van der Waals surface area contributed by atoms with Gasteiger partial charge < -0.3 is 10.1 Å². The average Bonchev–Trinajstić information content (AvgIpc) is 2.50. The highest BCUT2D eigenvalue weighted by molar-refractivity contribution is 6.31. The second-order valence-corrected chi connectivity index (χ2v) is 5.35. The fourth-order valence-electron chi connectivity index (χ4n) is 1.94. The Morgan fingerprint density at radius 1 is 1.27 bits per heavy atom. The van der Waals surface area contributed by atoms with Gasteiger partial charge in [0.15, 0.2) is 6.10 Å². The van der Waals surface area contributed by atoms with Crippen LogP contribution in [0.5, 0.6) is 5.75 Å². The largest absolute Gasteiger partial charge is 0.481 e. The van der Waals surface area contributed by atoms with Gasteiger partial charge in [0.1, 0.15) is 11.6 Å². The number of hydrogen-bond acceptors (Lipinski definition) is 2. The lowest BCUT2D eigenvalue weighted by atomic mass is 10.2. The van der Waals surface area contributed by atoms with Gasteiger partial charge in [-0.1, -0.05) is 24.6 Å². The maximum Gasteiger partial charge on any atom is 0.265 e. The lowest BCUT2D eigenvalue weighted by Crippen LogP contribution is -2.32. The summed E-state index contributed by atoms with van der Waals surface area (Å²) in [5.41, 5.74) is 1.56. The highest BCUT2D eigenvalue weighted by Crippen LogP contribution is 2.21. The fraction of sp³-hybridized carbons (Fsp3) is 0.235. The molecule has 0 aromatic heterocycles. The first-order valence-electron chi connectivity index (χ1n) is 6.99. The Kier molecular flexibility index (Phi) is 5.39. The molecule has 1 amide bonds. The molecule has 0 aliphatic heterocycles. The minimum absolute atomic E-state index is 0.266. The summed E-state index contributed by atoms with van der Waals surface area (Å²) in [6.45, 7) is 3.73.